The monoisotopic (exact) mass is 262 g/mol. The topological polar surface area (TPSA) is 26.3 Å². The first kappa shape index (κ1) is 13.2. The maximum absolute atomic E-state index is 13.0. The van der Waals surface area contributed by atoms with E-state index in [9.17, 15) is 13.6 Å². The third-order valence-electron chi connectivity index (χ3n) is 2.63. The maximum atomic E-state index is 13.0. The van der Waals surface area contributed by atoms with Crippen molar-refractivity contribution >= 4 is 5.78 Å². The van der Waals surface area contributed by atoms with Crippen LogP contribution < -0.4 is 4.74 Å². The lowest BCUT2D eigenvalue weighted by Gasteiger charge is -2.07. The molecule has 0 N–H and O–H groups in total. The summed E-state index contributed by atoms with van der Waals surface area (Å²) in [5.74, 6) is -1.34. The van der Waals surface area contributed by atoms with Crippen LogP contribution in [0, 0.1) is 11.6 Å². The molecule has 98 valence electrons. The molecule has 0 aliphatic rings. The van der Waals surface area contributed by atoms with Gasteiger partial charge in [0, 0.05) is 5.56 Å². The lowest BCUT2D eigenvalue weighted by atomic mass is 10.1. The van der Waals surface area contributed by atoms with Crippen LogP contribution in [0.15, 0.2) is 42.5 Å². The average Bonchev–Trinajstić information content (AvgIpc) is 2.40. The van der Waals surface area contributed by atoms with Gasteiger partial charge in [-0.2, -0.15) is 0 Å². The molecule has 0 aliphatic heterocycles. The molecule has 0 spiro atoms. The van der Waals surface area contributed by atoms with E-state index in [0.717, 1.165) is 12.1 Å². The van der Waals surface area contributed by atoms with Crippen molar-refractivity contribution in [2.75, 3.05) is 0 Å². The Labute approximate surface area is 109 Å². The lowest BCUT2D eigenvalue weighted by molar-refractivity contribution is 0.101. The van der Waals surface area contributed by atoms with Crippen LogP contribution in [0.1, 0.15) is 22.8 Å². The minimum atomic E-state index is -0.904. The highest BCUT2D eigenvalue weighted by atomic mass is 19.2. The predicted molar refractivity (Wildman–Crippen MR) is 67.1 cm³/mol. The molecular weight excluding hydrogens is 250 g/mol. The third kappa shape index (κ3) is 3.37. The van der Waals surface area contributed by atoms with E-state index in [0.29, 0.717) is 16.9 Å². The van der Waals surface area contributed by atoms with E-state index in [1.807, 2.05) is 0 Å². The van der Waals surface area contributed by atoms with Gasteiger partial charge in [0.05, 0.1) is 0 Å². The summed E-state index contributed by atoms with van der Waals surface area (Å²) in [6.45, 7) is 1.58. The van der Waals surface area contributed by atoms with Crippen LogP contribution in [0.3, 0.4) is 0 Å². The summed E-state index contributed by atoms with van der Waals surface area (Å²) in [6, 6.07) is 10.3. The number of carbonyl (C=O) groups is 1. The standard InChI is InChI=1S/C15H12F2O2/c1-10(18)12-3-2-4-13(8-12)19-9-11-5-6-14(16)15(17)7-11/h2-8H,9H2,1H3. The smallest absolute Gasteiger partial charge is 0.159 e. The summed E-state index contributed by atoms with van der Waals surface area (Å²) in [5, 5.41) is 0. The van der Waals surface area contributed by atoms with E-state index >= 15 is 0 Å². The van der Waals surface area contributed by atoms with Crippen LogP contribution in [0.2, 0.25) is 0 Å². The van der Waals surface area contributed by atoms with Gasteiger partial charge < -0.3 is 4.74 Å². The summed E-state index contributed by atoms with van der Waals surface area (Å²) in [6.07, 6.45) is 0. The molecule has 0 radical (unpaired) electrons. The van der Waals surface area contributed by atoms with Crippen molar-refractivity contribution in [3.63, 3.8) is 0 Å². The molecule has 4 heteroatoms. The fraction of sp³-hybridized carbons (Fsp3) is 0.133. The van der Waals surface area contributed by atoms with Gasteiger partial charge >= 0.3 is 0 Å². The third-order valence-corrected chi connectivity index (χ3v) is 2.63. The normalized spacial score (nSPS) is 10.3. The van der Waals surface area contributed by atoms with E-state index in [1.165, 1.54) is 13.0 Å². The minimum Gasteiger partial charge on any atom is -0.489 e. The first-order chi connectivity index (χ1) is 9.06. The van der Waals surface area contributed by atoms with Crippen LogP contribution in [0.4, 0.5) is 8.78 Å². The fourth-order valence-corrected chi connectivity index (χ4v) is 1.60. The first-order valence-corrected chi connectivity index (χ1v) is 5.74. The van der Waals surface area contributed by atoms with E-state index in [-0.39, 0.29) is 12.4 Å². The van der Waals surface area contributed by atoms with Crippen molar-refractivity contribution in [1.29, 1.82) is 0 Å². The molecule has 0 atom stereocenters. The number of benzene rings is 2. The number of ketones is 1. The second kappa shape index (κ2) is 5.61. The van der Waals surface area contributed by atoms with Crippen LogP contribution in [0.5, 0.6) is 5.75 Å². The van der Waals surface area contributed by atoms with Crippen molar-refractivity contribution in [3.8, 4) is 5.75 Å². The molecule has 0 unspecified atom stereocenters. The number of hydrogen-bond donors (Lipinski definition) is 0. The summed E-state index contributed by atoms with van der Waals surface area (Å²) in [4.78, 5) is 11.2. The van der Waals surface area contributed by atoms with Gasteiger partial charge in [-0.05, 0) is 36.8 Å². The summed E-state index contributed by atoms with van der Waals surface area (Å²) >= 11 is 0. The number of carbonyl (C=O) groups excluding carboxylic acids is 1. The SMILES string of the molecule is CC(=O)c1cccc(OCc2ccc(F)c(F)c2)c1. The molecule has 0 heterocycles. The van der Waals surface area contributed by atoms with Crippen molar-refractivity contribution < 1.29 is 18.3 Å². The highest BCUT2D eigenvalue weighted by molar-refractivity contribution is 5.94. The molecule has 0 aromatic heterocycles. The van der Waals surface area contributed by atoms with Crippen molar-refractivity contribution in [2.24, 2.45) is 0 Å². The summed E-state index contributed by atoms with van der Waals surface area (Å²) in [5.41, 5.74) is 1.06. The minimum absolute atomic E-state index is 0.0572. The molecule has 2 aromatic rings. The number of Topliss-reactive ketones (excluding diaryl/α,β-unsaturated/α-hetero) is 1. The zero-order chi connectivity index (χ0) is 13.8. The van der Waals surface area contributed by atoms with Gasteiger partial charge in [-0.15, -0.1) is 0 Å². The van der Waals surface area contributed by atoms with Gasteiger partial charge in [0.25, 0.3) is 0 Å². The Morgan fingerprint density at radius 2 is 1.89 bits per heavy atom. The Hall–Kier alpha value is -2.23. The Kier molecular flexibility index (Phi) is 3.90. The van der Waals surface area contributed by atoms with Crippen LogP contribution in [-0.2, 0) is 6.61 Å². The van der Waals surface area contributed by atoms with E-state index in [1.54, 1.807) is 24.3 Å². The summed E-state index contributed by atoms with van der Waals surface area (Å²) < 4.78 is 31.2. The number of halogens is 2. The first-order valence-electron chi connectivity index (χ1n) is 5.74. The zero-order valence-electron chi connectivity index (χ0n) is 10.3. The number of ether oxygens (including phenoxy) is 1. The largest absolute Gasteiger partial charge is 0.489 e. The number of rotatable bonds is 4. The van der Waals surface area contributed by atoms with Gasteiger partial charge in [0.15, 0.2) is 17.4 Å². The van der Waals surface area contributed by atoms with Gasteiger partial charge in [-0.25, -0.2) is 8.78 Å². The lowest BCUT2D eigenvalue weighted by Crippen LogP contribution is -1.98. The van der Waals surface area contributed by atoms with Gasteiger partial charge in [-0.3, -0.25) is 4.79 Å². The maximum Gasteiger partial charge on any atom is 0.159 e. The van der Waals surface area contributed by atoms with Crippen LogP contribution in [0.25, 0.3) is 0 Å². The quantitative estimate of drug-likeness (QED) is 0.784. The second-order valence-electron chi connectivity index (χ2n) is 4.12. The molecule has 2 aromatic carbocycles. The van der Waals surface area contributed by atoms with Crippen molar-refractivity contribution in [2.45, 2.75) is 13.5 Å². The molecule has 0 amide bonds. The van der Waals surface area contributed by atoms with Crippen LogP contribution >= 0.6 is 0 Å². The Morgan fingerprint density at radius 3 is 2.58 bits per heavy atom. The Morgan fingerprint density at radius 1 is 1.11 bits per heavy atom. The zero-order valence-corrected chi connectivity index (χ0v) is 10.3. The van der Waals surface area contributed by atoms with Gasteiger partial charge in [0.1, 0.15) is 12.4 Å². The van der Waals surface area contributed by atoms with E-state index in [4.69, 9.17) is 4.74 Å². The average molecular weight is 262 g/mol. The molecule has 0 fully saturated rings. The molecule has 0 bridgehead atoms. The molecule has 0 saturated heterocycles. The fourth-order valence-electron chi connectivity index (χ4n) is 1.60. The molecule has 19 heavy (non-hydrogen) atoms. The van der Waals surface area contributed by atoms with Gasteiger partial charge in [0.2, 0.25) is 0 Å². The molecule has 2 nitrogen and oxygen atoms in total. The molecular formula is C15H12F2O2. The van der Waals surface area contributed by atoms with Crippen molar-refractivity contribution in [3.05, 3.63) is 65.2 Å². The van der Waals surface area contributed by atoms with Gasteiger partial charge in [-0.1, -0.05) is 18.2 Å². The molecule has 2 rings (SSSR count). The highest BCUT2D eigenvalue weighted by Gasteiger charge is 2.04. The van der Waals surface area contributed by atoms with E-state index < -0.39 is 11.6 Å². The van der Waals surface area contributed by atoms with E-state index in [2.05, 4.69) is 0 Å². The number of hydrogen-bond acceptors (Lipinski definition) is 2. The Balaban J connectivity index is 2.07. The van der Waals surface area contributed by atoms with Crippen LogP contribution in [-0.4, -0.2) is 5.78 Å². The molecule has 0 aliphatic carbocycles. The van der Waals surface area contributed by atoms with Crippen molar-refractivity contribution in [1.82, 2.24) is 0 Å². The Bertz CT molecular complexity index is 609. The second-order valence-corrected chi connectivity index (χ2v) is 4.12. The molecule has 0 saturated carbocycles. The predicted octanol–water partition coefficient (Wildman–Crippen LogP) is 3.75. The summed E-state index contributed by atoms with van der Waals surface area (Å²) in [7, 11) is 0. The highest BCUT2D eigenvalue weighted by Crippen LogP contribution is 2.16.